The summed E-state index contributed by atoms with van der Waals surface area (Å²) in [6.07, 6.45) is -0.118. The maximum absolute atomic E-state index is 13.8. The normalized spacial score (nSPS) is 15.1. The topological polar surface area (TPSA) is 34.6 Å². The predicted molar refractivity (Wildman–Crippen MR) is 122 cm³/mol. The van der Waals surface area contributed by atoms with E-state index < -0.39 is 15.5 Å². The number of halogens is 6. The van der Waals surface area contributed by atoms with E-state index in [0.29, 0.717) is 30.0 Å². The molecule has 1 aliphatic heterocycles. The van der Waals surface area contributed by atoms with Crippen LogP contribution in [0.4, 0.5) is 19.0 Å². The summed E-state index contributed by atoms with van der Waals surface area (Å²) in [4.78, 5) is 6.12. The Hall–Kier alpha value is -1.57. The Morgan fingerprint density at radius 2 is 1.75 bits per heavy atom. The van der Waals surface area contributed by atoms with Gasteiger partial charge in [-0.05, 0) is 44.7 Å². The Balaban J connectivity index is 2.08. The molecule has 1 saturated heterocycles. The second-order valence-corrected chi connectivity index (χ2v) is 9.89. The van der Waals surface area contributed by atoms with Crippen LogP contribution in [0.15, 0.2) is 24.4 Å². The molecule has 0 aliphatic carbocycles. The van der Waals surface area contributed by atoms with Crippen LogP contribution in [-0.4, -0.2) is 24.7 Å². The van der Waals surface area contributed by atoms with Crippen molar-refractivity contribution in [2.75, 3.05) is 24.6 Å². The highest BCUT2D eigenvalue weighted by atomic mass is 35.6. The van der Waals surface area contributed by atoms with Crippen LogP contribution in [0.3, 0.4) is 0 Å². The smallest absolute Gasteiger partial charge is 0.421 e. The lowest BCUT2D eigenvalue weighted by Gasteiger charge is -2.30. The molecular weight excluding hydrogens is 488 g/mol. The van der Waals surface area contributed by atoms with E-state index in [1.165, 1.54) is 18.2 Å². The second kappa shape index (κ2) is 10.1. The molecule has 2 aromatic rings. The van der Waals surface area contributed by atoms with Gasteiger partial charge in [-0.25, -0.2) is 4.98 Å². The quantitative estimate of drug-likeness (QED) is 0.371. The van der Waals surface area contributed by atoms with Crippen LogP contribution in [0.1, 0.15) is 49.3 Å². The number of anilines is 1. The van der Waals surface area contributed by atoms with Gasteiger partial charge in [0, 0.05) is 30.4 Å². The van der Waals surface area contributed by atoms with Crippen molar-refractivity contribution < 1.29 is 22.6 Å². The highest BCUT2D eigenvalue weighted by Gasteiger charge is 2.37. The monoisotopic (exact) mass is 510 g/mol. The number of hydrogen-bond donors (Lipinski definition) is 0. The van der Waals surface area contributed by atoms with Crippen LogP contribution in [0.25, 0.3) is 0 Å². The van der Waals surface area contributed by atoms with Gasteiger partial charge in [0.2, 0.25) is 3.79 Å². The van der Waals surface area contributed by atoms with Gasteiger partial charge in [-0.3, -0.25) is 0 Å². The standard InChI is InChI=1S/C22H24Cl3F3N2O2/c1-3-11-31-18-12-15(21(23,24)25)7-8-17(18)32-19-14(2)20(30-9-5-4-6-10-30)29-13-16(19)22(26,27)28/h7-8,12-13H,3-6,9-11H2,1-2H3. The van der Waals surface area contributed by atoms with Crippen LogP contribution in [0.5, 0.6) is 17.2 Å². The Kier molecular flexibility index (Phi) is 7.94. The van der Waals surface area contributed by atoms with E-state index in [1.807, 2.05) is 11.8 Å². The highest BCUT2D eigenvalue weighted by Crippen LogP contribution is 2.46. The van der Waals surface area contributed by atoms with Crippen LogP contribution in [0.2, 0.25) is 0 Å². The van der Waals surface area contributed by atoms with Crippen molar-refractivity contribution in [1.82, 2.24) is 4.98 Å². The first-order chi connectivity index (χ1) is 15.0. The molecule has 0 unspecified atom stereocenters. The van der Waals surface area contributed by atoms with Crippen LogP contribution < -0.4 is 14.4 Å². The summed E-state index contributed by atoms with van der Waals surface area (Å²) in [5.74, 6) is 0.470. The maximum atomic E-state index is 13.8. The Bertz CT molecular complexity index is 943. The van der Waals surface area contributed by atoms with Crippen LogP contribution in [0, 0.1) is 6.92 Å². The van der Waals surface area contributed by atoms with Crippen molar-refractivity contribution in [3.63, 3.8) is 0 Å². The van der Waals surface area contributed by atoms with E-state index in [0.717, 1.165) is 38.5 Å². The summed E-state index contributed by atoms with van der Waals surface area (Å²) in [6.45, 7) is 5.28. The molecule has 0 N–H and O–H groups in total. The molecule has 1 aromatic carbocycles. The fourth-order valence-electron chi connectivity index (χ4n) is 3.55. The third-order valence-corrected chi connectivity index (χ3v) is 5.80. The van der Waals surface area contributed by atoms with Gasteiger partial charge in [0.1, 0.15) is 17.1 Å². The summed E-state index contributed by atoms with van der Waals surface area (Å²) in [5.41, 5.74) is -0.325. The Morgan fingerprint density at radius 3 is 2.34 bits per heavy atom. The molecule has 3 rings (SSSR count). The van der Waals surface area contributed by atoms with Crippen molar-refractivity contribution in [1.29, 1.82) is 0 Å². The SMILES string of the molecule is CCCOc1cc(C(Cl)(Cl)Cl)ccc1Oc1c(C(F)(F)F)cnc(N2CCCCC2)c1C. The van der Waals surface area contributed by atoms with E-state index >= 15 is 0 Å². The Morgan fingerprint density at radius 1 is 1.06 bits per heavy atom. The lowest BCUT2D eigenvalue weighted by molar-refractivity contribution is -0.138. The number of nitrogens with zero attached hydrogens (tertiary/aromatic N) is 2. The first-order valence-electron chi connectivity index (χ1n) is 10.4. The maximum Gasteiger partial charge on any atom is 0.421 e. The van der Waals surface area contributed by atoms with Gasteiger partial charge in [0.15, 0.2) is 11.5 Å². The lowest BCUT2D eigenvalue weighted by Crippen LogP contribution is -2.31. The van der Waals surface area contributed by atoms with Crippen LogP contribution >= 0.6 is 34.8 Å². The summed E-state index contributed by atoms with van der Waals surface area (Å²) < 4.78 is 51.3. The van der Waals surface area contributed by atoms with Gasteiger partial charge in [-0.1, -0.05) is 47.8 Å². The fraction of sp³-hybridized carbons (Fsp3) is 0.500. The first-order valence-corrected chi connectivity index (χ1v) is 11.5. The number of pyridine rings is 1. The lowest BCUT2D eigenvalue weighted by atomic mass is 10.1. The average molecular weight is 512 g/mol. The van der Waals surface area contributed by atoms with Gasteiger partial charge in [-0.2, -0.15) is 13.2 Å². The molecular formula is C22H24Cl3F3N2O2. The minimum Gasteiger partial charge on any atom is -0.490 e. The molecule has 0 radical (unpaired) electrons. The largest absolute Gasteiger partial charge is 0.490 e. The minimum atomic E-state index is -4.64. The molecule has 0 saturated carbocycles. The molecule has 176 valence electrons. The predicted octanol–water partition coefficient (Wildman–Crippen LogP) is 7.81. The molecule has 0 bridgehead atoms. The van der Waals surface area contributed by atoms with Crippen molar-refractivity contribution in [3.8, 4) is 17.2 Å². The number of rotatable bonds is 6. The molecule has 2 heterocycles. The summed E-state index contributed by atoms with van der Waals surface area (Å²) in [7, 11) is 0. The molecule has 0 spiro atoms. The second-order valence-electron chi connectivity index (χ2n) is 7.60. The molecule has 1 aliphatic rings. The van der Waals surface area contributed by atoms with Gasteiger partial charge in [0.05, 0.1) is 6.61 Å². The van der Waals surface area contributed by atoms with Crippen molar-refractivity contribution >= 4 is 40.6 Å². The van der Waals surface area contributed by atoms with Gasteiger partial charge >= 0.3 is 6.18 Å². The zero-order chi connectivity index (χ0) is 23.5. The van der Waals surface area contributed by atoms with Crippen molar-refractivity contribution in [3.05, 3.63) is 41.1 Å². The number of piperidine rings is 1. The summed E-state index contributed by atoms with van der Waals surface area (Å²) in [5, 5.41) is 0. The van der Waals surface area contributed by atoms with Gasteiger partial charge < -0.3 is 14.4 Å². The van der Waals surface area contributed by atoms with E-state index in [2.05, 4.69) is 4.98 Å². The third kappa shape index (κ3) is 5.86. The first kappa shape index (κ1) is 25.1. The van der Waals surface area contributed by atoms with E-state index in [9.17, 15) is 13.2 Å². The molecule has 32 heavy (non-hydrogen) atoms. The van der Waals surface area contributed by atoms with Gasteiger partial charge in [0.25, 0.3) is 0 Å². The van der Waals surface area contributed by atoms with Gasteiger partial charge in [-0.15, -0.1) is 0 Å². The number of hydrogen-bond acceptors (Lipinski definition) is 4. The van der Waals surface area contributed by atoms with Crippen molar-refractivity contribution in [2.45, 2.75) is 49.5 Å². The fourth-order valence-corrected chi connectivity index (χ4v) is 3.90. The molecule has 1 aromatic heterocycles. The summed E-state index contributed by atoms with van der Waals surface area (Å²) in [6, 6.07) is 4.40. The highest BCUT2D eigenvalue weighted by molar-refractivity contribution is 6.66. The van der Waals surface area contributed by atoms with E-state index in [-0.39, 0.29) is 17.2 Å². The molecule has 10 heteroatoms. The number of benzene rings is 1. The number of ether oxygens (including phenoxy) is 2. The van der Waals surface area contributed by atoms with E-state index in [1.54, 1.807) is 6.92 Å². The molecule has 0 amide bonds. The Labute approximate surface area is 200 Å². The molecule has 0 atom stereocenters. The third-order valence-electron chi connectivity index (χ3n) is 5.14. The van der Waals surface area contributed by atoms with Crippen LogP contribution in [-0.2, 0) is 9.97 Å². The zero-order valence-corrected chi connectivity index (χ0v) is 20.0. The van der Waals surface area contributed by atoms with Crippen molar-refractivity contribution in [2.24, 2.45) is 0 Å². The number of aromatic nitrogens is 1. The molecule has 4 nitrogen and oxygen atoms in total. The minimum absolute atomic E-state index is 0.0980. The zero-order valence-electron chi connectivity index (χ0n) is 17.7. The number of alkyl halides is 6. The van der Waals surface area contributed by atoms with E-state index in [4.69, 9.17) is 44.3 Å². The molecule has 1 fully saturated rings. The average Bonchev–Trinajstić information content (AvgIpc) is 2.73. The summed E-state index contributed by atoms with van der Waals surface area (Å²) >= 11 is 17.9.